The van der Waals surface area contributed by atoms with Gasteiger partial charge < -0.3 is 5.73 Å². The second-order valence-electron chi connectivity index (χ2n) is 7.17. The Labute approximate surface area is 110 Å². The number of nitrogens with two attached hydrogens (primary N) is 1. The van der Waals surface area contributed by atoms with Gasteiger partial charge in [0, 0.05) is 6.04 Å². The highest BCUT2D eigenvalue weighted by atomic mass is 14.7. The fourth-order valence-corrected chi connectivity index (χ4v) is 5.57. The quantitative estimate of drug-likeness (QED) is 0.835. The first kappa shape index (κ1) is 11.0. The molecule has 1 atom stereocenters. The highest BCUT2D eigenvalue weighted by Gasteiger charge is 2.53. The van der Waals surface area contributed by atoms with Crippen molar-refractivity contribution in [3.63, 3.8) is 0 Å². The zero-order valence-electron chi connectivity index (χ0n) is 11.0. The van der Waals surface area contributed by atoms with Crippen molar-refractivity contribution in [3.8, 4) is 0 Å². The molecule has 4 fully saturated rings. The first-order valence-corrected chi connectivity index (χ1v) is 7.56. The maximum absolute atomic E-state index is 6.69. The summed E-state index contributed by atoms with van der Waals surface area (Å²) >= 11 is 0. The normalized spacial score (nSPS) is 43.1. The van der Waals surface area contributed by atoms with Gasteiger partial charge in [0.15, 0.2) is 0 Å². The van der Waals surface area contributed by atoms with Gasteiger partial charge >= 0.3 is 0 Å². The van der Waals surface area contributed by atoms with Crippen LogP contribution in [0.25, 0.3) is 0 Å². The number of rotatable bonds is 2. The number of hydrogen-bond acceptors (Lipinski definition) is 1. The van der Waals surface area contributed by atoms with E-state index in [9.17, 15) is 0 Å². The predicted molar refractivity (Wildman–Crippen MR) is 74.0 cm³/mol. The largest absolute Gasteiger partial charge is 0.323 e. The van der Waals surface area contributed by atoms with E-state index >= 15 is 0 Å². The maximum atomic E-state index is 6.69. The Bertz CT molecular complexity index is 401. The van der Waals surface area contributed by atoms with Crippen molar-refractivity contribution < 1.29 is 0 Å². The Morgan fingerprint density at radius 2 is 1.39 bits per heavy atom. The summed E-state index contributed by atoms with van der Waals surface area (Å²) in [6, 6.07) is 11.1. The van der Waals surface area contributed by atoms with Gasteiger partial charge in [0.25, 0.3) is 0 Å². The Kier molecular flexibility index (Phi) is 2.35. The van der Waals surface area contributed by atoms with Crippen molar-refractivity contribution in [2.75, 3.05) is 0 Å². The van der Waals surface area contributed by atoms with Gasteiger partial charge in [-0.3, -0.25) is 0 Å². The molecule has 4 aliphatic rings. The molecular weight excluding hydrogens is 218 g/mol. The van der Waals surface area contributed by atoms with Crippen molar-refractivity contribution in [2.45, 2.75) is 44.6 Å². The predicted octanol–water partition coefficient (Wildman–Crippen LogP) is 3.90. The highest BCUT2D eigenvalue weighted by molar-refractivity contribution is 5.23. The molecule has 5 rings (SSSR count). The Hall–Kier alpha value is -0.820. The highest BCUT2D eigenvalue weighted by Crippen LogP contribution is 2.63. The molecule has 4 saturated carbocycles. The zero-order valence-corrected chi connectivity index (χ0v) is 11.0. The lowest BCUT2D eigenvalue weighted by atomic mass is 9.47. The van der Waals surface area contributed by atoms with Crippen LogP contribution in [-0.4, -0.2) is 0 Å². The zero-order chi connectivity index (χ0) is 12.2. The van der Waals surface area contributed by atoms with Gasteiger partial charge in [-0.15, -0.1) is 0 Å². The van der Waals surface area contributed by atoms with Gasteiger partial charge in [0.2, 0.25) is 0 Å². The minimum atomic E-state index is 0.270. The average molecular weight is 241 g/mol. The molecule has 0 heterocycles. The summed E-state index contributed by atoms with van der Waals surface area (Å²) in [5.41, 5.74) is 8.50. The van der Waals surface area contributed by atoms with E-state index in [0.717, 1.165) is 17.8 Å². The Morgan fingerprint density at radius 3 is 1.89 bits per heavy atom. The molecule has 1 aromatic rings. The van der Waals surface area contributed by atoms with E-state index in [4.69, 9.17) is 5.73 Å². The monoisotopic (exact) mass is 241 g/mol. The van der Waals surface area contributed by atoms with Crippen LogP contribution in [0.15, 0.2) is 30.3 Å². The summed E-state index contributed by atoms with van der Waals surface area (Å²) in [6.45, 7) is 0. The van der Waals surface area contributed by atoms with Crippen molar-refractivity contribution in [1.82, 2.24) is 0 Å². The number of hydrogen-bond donors (Lipinski definition) is 1. The topological polar surface area (TPSA) is 26.0 Å². The smallest absolute Gasteiger partial charge is 0.0352 e. The van der Waals surface area contributed by atoms with Crippen molar-refractivity contribution in [3.05, 3.63) is 35.9 Å². The fourth-order valence-electron chi connectivity index (χ4n) is 5.57. The summed E-state index contributed by atoms with van der Waals surface area (Å²) in [4.78, 5) is 0. The SMILES string of the molecule is N[C@H](c1ccccc1)C12CC3CC(CC(C3)C1)C2. The standard InChI is InChI=1S/C17H23N/c18-16(15-4-2-1-3-5-15)17-9-12-6-13(10-17)8-14(7-12)11-17/h1-5,12-14,16H,6-11,18H2/t12?,13?,14?,16-,17?/m1/s1. The van der Waals surface area contributed by atoms with Crippen LogP contribution in [0.3, 0.4) is 0 Å². The third kappa shape index (κ3) is 1.56. The van der Waals surface area contributed by atoms with Crippen molar-refractivity contribution in [1.29, 1.82) is 0 Å². The van der Waals surface area contributed by atoms with E-state index in [1.165, 1.54) is 44.1 Å². The van der Waals surface area contributed by atoms with E-state index in [1.807, 2.05) is 0 Å². The minimum absolute atomic E-state index is 0.270. The molecule has 4 aliphatic carbocycles. The first-order chi connectivity index (χ1) is 8.75. The van der Waals surface area contributed by atoms with Crippen LogP contribution >= 0.6 is 0 Å². The molecule has 1 heteroatoms. The van der Waals surface area contributed by atoms with Gasteiger partial charge in [-0.05, 0) is 67.3 Å². The van der Waals surface area contributed by atoms with Crippen LogP contribution in [0.4, 0.5) is 0 Å². The molecule has 0 amide bonds. The summed E-state index contributed by atoms with van der Waals surface area (Å²) in [6.07, 6.45) is 8.70. The van der Waals surface area contributed by atoms with E-state index in [2.05, 4.69) is 30.3 Å². The van der Waals surface area contributed by atoms with Gasteiger partial charge in [-0.2, -0.15) is 0 Å². The Balaban J connectivity index is 1.67. The van der Waals surface area contributed by atoms with Crippen LogP contribution < -0.4 is 5.73 Å². The van der Waals surface area contributed by atoms with E-state index in [1.54, 1.807) is 0 Å². The molecule has 1 aromatic carbocycles. The minimum Gasteiger partial charge on any atom is -0.323 e. The van der Waals surface area contributed by atoms with Gasteiger partial charge in [0.05, 0.1) is 0 Å². The van der Waals surface area contributed by atoms with Gasteiger partial charge in [-0.1, -0.05) is 30.3 Å². The van der Waals surface area contributed by atoms with E-state index in [-0.39, 0.29) is 6.04 Å². The van der Waals surface area contributed by atoms with Crippen LogP contribution in [0.2, 0.25) is 0 Å². The van der Waals surface area contributed by atoms with Crippen molar-refractivity contribution in [2.24, 2.45) is 28.9 Å². The van der Waals surface area contributed by atoms with Gasteiger partial charge in [0.1, 0.15) is 0 Å². The first-order valence-electron chi connectivity index (χ1n) is 7.56. The van der Waals surface area contributed by atoms with E-state index in [0.29, 0.717) is 5.41 Å². The molecular formula is C17H23N. The molecule has 96 valence electrons. The lowest BCUT2D eigenvalue weighted by Gasteiger charge is -2.59. The Morgan fingerprint density at radius 1 is 0.889 bits per heavy atom. The van der Waals surface area contributed by atoms with Crippen LogP contribution in [0.1, 0.15) is 50.1 Å². The maximum Gasteiger partial charge on any atom is 0.0352 e. The fraction of sp³-hybridized carbons (Fsp3) is 0.647. The summed E-state index contributed by atoms with van der Waals surface area (Å²) in [5.74, 6) is 2.98. The number of benzene rings is 1. The van der Waals surface area contributed by atoms with Crippen LogP contribution in [0, 0.1) is 23.2 Å². The molecule has 0 unspecified atom stereocenters. The molecule has 1 nitrogen and oxygen atoms in total. The third-order valence-corrected chi connectivity index (χ3v) is 5.90. The summed E-state index contributed by atoms with van der Waals surface area (Å²) < 4.78 is 0. The molecule has 0 spiro atoms. The molecule has 0 aliphatic heterocycles. The lowest BCUT2D eigenvalue weighted by Crippen LogP contribution is -2.50. The lowest BCUT2D eigenvalue weighted by molar-refractivity contribution is -0.0677. The summed E-state index contributed by atoms with van der Waals surface area (Å²) in [7, 11) is 0. The molecule has 0 saturated heterocycles. The summed E-state index contributed by atoms with van der Waals surface area (Å²) in [5, 5.41) is 0. The molecule has 18 heavy (non-hydrogen) atoms. The molecule has 0 aromatic heterocycles. The van der Waals surface area contributed by atoms with Crippen molar-refractivity contribution >= 4 is 0 Å². The second-order valence-corrected chi connectivity index (χ2v) is 7.17. The molecule has 2 N–H and O–H groups in total. The molecule has 4 bridgehead atoms. The third-order valence-electron chi connectivity index (χ3n) is 5.90. The van der Waals surface area contributed by atoms with Gasteiger partial charge in [-0.25, -0.2) is 0 Å². The molecule has 0 radical (unpaired) electrons. The second kappa shape index (κ2) is 3.84. The van der Waals surface area contributed by atoms with Crippen LogP contribution in [0.5, 0.6) is 0 Å². The van der Waals surface area contributed by atoms with E-state index < -0.39 is 0 Å². The van der Waals surface area contributed by atoms with Crippen LogP contribution in [-0.2, 0) is 0 Å². The average Bonchev–Trinajstić information content (AvgIpc) is 2.37.